The largest absolute Gasteiger partial charge is 0.328 e. The second kappa shape index (κ2) is 6.66. The van der Waals surface area contributed by atoms with Crippen LogP contribution in [0.3, 0.4) is 0 Å². The van der Waals surface area contributed by atoms with Crippen molar-refractivity contribution in [2.24, 2.45) is 11.7 Å². The molecule has 0 aromatic carbocycles. The highest BCUT2D eigenvalue weighted by atomic mass is 14.6. The van der Waals surface area contributed by atoms with Crippen molar-refractivity contribution in [3.63, 3.8) is 0 Å². The second-order valence-electron chi connectivity index (χ2n) is 3.65. The van der Waals surface area contributed by atoms with Gasteiger partial charge in [-0.3, -0.25) is 0 Å². The van der Waals surface area contributed by atoms with E-state index in [1.54, 1.807) is 0 Å². The molecule has 0 aliphatic carbocycles. The van der Waals surface area contributed by atoms with Gasteiger partial charge in [0.2, 0.25) is 0 Å². The third-order valence-corrected chi connectivity index (χ3v) is 2.33. The third-order valence-electron chi connectivity index (χ3n) is 2.33. The zero-order valence-corrected chi connectivity index (χ0v) is 8.27. The minimum Gasteiger partial charge on any atom is -0.328 e. The maximum absolute atomic E-state index is 5.94. The first-order chi connectivity index (χ1) is 5.20. The van der Waals surface area contributed by atoms with Crippen LogP contribution in [0.1, 0.15) is 52.9 Å². The SMILES string of the molecule is CCCC[C@@H](N)C[C@H](C)CC. The molecule has 0 amide bonds. The lowest BCUT2D eigenvalue weighted by atomic mass is 9.97. The first-order valence-corrected chi connectivity index (χ1v) is 4.96. The molecule has 0 fully saturated rings. The molecular weight excluding hydrogens is 134 g/mol. The average molecular weight is 157 g/mol. The van der Waals surface area contributed by atoms with Crippen LogP contribution in [0.15, 0.2) is 0 Å². The molecule has 2 N–H and O–H groups in total. The van der Waals surface area contributed by atoms with Gasteiger partial charge in [-0.15, -0.1) is 0 Å². The van der Waals surface area contributed by atoms with Crippen molar-refractivity contribution in [3.8, 4) is 0 Å². The number of hydrogen-bond acceptors (Lipinski definition) is 1. The predicted octanol–water partition coefficient (Wildman–Crippen LogP) is 2.94. The number of unbranched alkanes of at least 4 members (excludes halogenated alkanes) is 1. The molecule has 0 spiro atoms. The Bertz CT molecular complexity index is 80.9. The van der Waals surface area contributed by atoms with E-state index >= 15 is 0 Å². The number of hydrogen-bond donors (Lipinski definition) is 1. The fourth-order valence-corrected chi connectivity index (χ4v) is 1.27. The molecule has 0 bridgehead atoms. The van der Waals surface area contributed by atoms with Crippen LogP contribution in [-0.2, 0) is 0 Å². The lowest BCUT2D eigenvalue weighted by molar-refractivity contribution is 0.428. The summed E-state index contributed by atoms with van der Waals surface area (Å²) in [4.78, 5) is 0. The Kier molecular flexibility index (Phi) is 6.63. The van der Waals surface area contributed by atoms with Gasteiger partial charge in [0.1, 0.15) is 0 Å². The quantitative estimate of drug-likeness (QED) is 0.630. The van der Waals surface area contributed by atoms with E-state index in [0.717, 1.165) is 5.92 Å². The monoisotopic (exact) mass is 157 g/mol. The Labute approximate surface area is 71.4 Å². The lowest BCUT2D eigenvalue weighted by Gasteiger charge is -2.14. The van der Waals surface area contributed by atoms with E-state index in [4.69, 9.17) is 5.73 Å². The molecule has 0 aromatic heterocycles. The van der Waals surface area contributed by atoms with Crippen LogP contribution < -0.4 is 5.73 Å². The molecule has 0 aromatic rings. The summed E-state index contributed by atoms with van der Waals surface area (Å²) in [6.07, 6.45) is 6.24. The first kappa shape index (κ1) is 11.0. The summed E-state index contributed by atoms with van der Waals surface area (Å²) >= 11 is 0. The van der Waals surface area contributed by atoms with Crippen LogP contribution in [-0.4, -0.2) is 6.04 Å². The van der Waals surface area contributed by atoms with Gasteiger partial charge in [0.15, 0.2) is 0 Å². The summed E-state index contributed by atoms with van der Waals surface area (Å²) in [6.45, 7) is 6.74. The normalized spacial score (nSPS) is 16.4. The second-order valence-corrected chi connectivity index (χ2v) is 3.65. The van der Waals surface area contributed by atoms with Gasteiger partial charge in [-0.1, -0.05) is 40.0 Å². The van der Waals surface area contributed by atoms with Gasteiger partial charge in [0.05, 0.1) is 0 Å². The zero-order valence-electron chi connectivity index (χ0n) is 8.27. The zero-order chi connectivity index (χ0) is 8.69. The highest BCUT2D eigenvalue weighted by Gasteiger charge is 2.05. The van der Waals surface area contributed by atoms with Gasteiger partial charge in [0.25, 0.3) is 0 Å². The molecule has 0 rings (SSSR count). The Morgan fingerprint density at radius 1 is 1.27 bits per heavy atom. The molecule has 11 heavy (non-hydrogen) atoms. The summed E-state index contributed by atoms with van der Waals surface area (Å²) in [5.41, 5.74) is 5.94. The molecule has 2 atom stereocenters. The van der Waals surface area contributed by atoms with E-state index in [9.17, 15) is 0 Å². The molecule has 0 aliphatic rings. The van der Waals surface area contributed by atoms with Gasteiger partial charge in [-0.25, -0.2) is 0 Å². The van der Waals surface area contributed by atoms with Crippen molar-refractivity contribution >= 4 is 0 Å². The summed E-state index contributed by atoms with van der Waals surface area (Å²) in [6, 6.07) is 0.449. The van der Waals surface area contributed by atoms with Crippen molar-refractivity contribution in [1.82, 2.24) is 0 Å². The third kappa shape index (κ3) is 6.36. The van der Waals surface area contributed by atoms with Crippen LogP contribution in [0.5, 0.6) is 0 Å². The topological polar surface area (TPSA) is 26.0 Å². The molecular formula is C10H23N. The Hall–Kier alpha value is -0.0400. The fourth-order valence-electron chi connectivity index (χ4n) is 1.27. The molecule has 0 saturated carbocycles. The highest BCUT2D eigenvalue weighted by molar-refractivity contribution is 4.64. The van der Waals surface area contributed by atoms with Gasteiger partial charge < -0.3 is 5.73 Å². The smallest absolute Gasteiger partial charge is 0.00413 e. The predicted molar refractivity (Wildman–Crippen MR) is 51.6 cm³/mol. The molecule has 0 aliphatic heterocycles. The molecule has 0 radical (unpaired) electrons. The van der Waals surface area contributed by atoms with E-state index in [2.05, 4.69) is 20.8 Å². The Balaban J connectivity index is 3.27. The van der Waals surface area contributed by atoms with E-state index in [1.165, 1.54) is 32.1 Å². The van der Waals surface area contributed by atoms with Crippen LogP contribution in [0.4, 0.5) is 0 Å². The van der Waals surface area contributed by atoms with Gasteiger partial charge in [0, 0.05) is 6.04 Å². The van der Waals surface area contributed by atoms with E-state index in [-0.39, 0.29) is 0 Å². The summed E-state index contributed by atoms with van der Waals surface area (Å²) in [7, 11) is 0. The first-order valence-electron chi connectivity index (χ1n) is 4.96. The van der Waals surface area contributed by atoms with Crippen LogP contribution in [0.2, 0.25) is 0 Å². The molecule has 68 valence electrons. The number of rotatable bonds is 6. The van der Waals surface area contributed by atoms with E-state index in [0.29, 0.717) is 6.04 Å². The van der Waals surface area contributed by atoms with Crippen LogP contribution >= 0.6 is 0 Å². The maximum atomic E-state index is 5.94. The van der Waals surface area contributed by atoms with Gasteiger partial charge >= 0.3 is 0 Å². The van der Waals surface area contributed by atoms with Crippen molar-refractivity contribution in [2.75, 3.05) is 0 Å². The fraction of sp³-hybridized carbons (Fsp3) is 1.00. The molecule has 0 heterocycles. The summed E-state index contributed by atoms with van der Waals surface area (Å²) in [5.74, 6) is 0.807. The van der Waals surface area contributed by atoms with Gasteiger partial charge in [-0.05, 0) is 18.8 Å². The van der Waals surface area contributed by atoms with E-state index in [1.807, 2.05) is 0 Å². The molecule has 1 heteroatoms. The number of nitrogens with two attached hydrogens (primary N) is 1. The van der Waals surface area contributed by atoms with Crippen molar-refractivity contribution < 1.29 is 0 Å². The molecule has 1 nitrogen and oxygen atoms in total. The Morgan fingerprint density at radius 2 is 1.91 bits per heavy atom. The standard InChI is InChI=1S/C10H23N/c1-4-6-7-10(11)8-9(3)5-2/h9-10H,4-8,11H2,1-3H3/t9-,10-/m1/s1. The van der Waals surface area contributed by atoms with Crippen molar-refractivity contribution in [3.05, 3.63) is 0 Å². The average Bonchev–Trinajstić information content (AvgIpc) is 2.00. The van der Waals surface area contributed by atoms with Crippen molar-refractivity contribution in [1.29, 1.82) is 0 Å². The molecule has 0 saturated heterocycles. The summed E-state index contributed by atoms with van der Waals surface area (Å²) < 4.78 is 0. The lowest BCUT2D eigenvalue weighted by Crippen LogP contribution is -2.22. The maximum Gasteiger partial charge on any atom is 0.00413 e. The minimum absolute atomic E-state index is 0.449. The summed E-state index contributed by atoms with van der Waals surface area (Å²) in [5, 5.41) is 0. The van der Waals surface area contributed by atoms with Crippen LogP contribution in [0, 0.1) is 5.92 Å². The highest BCUT2D eigenvalue weighted by Crippen LogP contribution is 2.12. The molecule has 0 unspecified atom stereocenters. The van der Waals surface area contributed by atoms with Crippen LogP contribution in [0.25, 0.3) is 0 Å². The Morgan fingerprint density at radius 3 is 2.36 bits per heavy atom. The minimum atomic E-state index is 0.449. The van der Waals surface area contributed by atoms with E-state index < -0.39 is 0 Å². The van der Waals surface area contributed by atoms with Crippen molar-refractivity contribution in [2.45, 2.75) is 58.9 Å². The van der Waals surface area contributed by atoms with Gasteiger partial charge in [-0.2, -0.15) is 0 Å².